The molecule has 0 bridgehead atoms. The van der Waals surface area contributed by atoms with Crippen LogP contribution in [0, 0.1) is 11.6 Å². The third-order valence-electron chi connectivity index (χ3n) is 8.64. The van der Waals surface area contributed by atoms with E-state index in [9.17, 15) is 14.0 Å². The number of halogens is 2. The molecule has 0 unspecified atom stereocenters. The van der Waals surface area contributed by atoms with Crippen molar-refractivity contribution in [2.75, 3.05) is 26.9 Å². The van der Waals surface area contributed by atoms with Crippen LogP contribution in [0.4, 0.5) is 8.78 Å². The fourth-order valence-electron chi connectivity index (χ4n) is 6.22. The molecule has 0 saturated heterocycles. The fraction of sp³-hybridized carbons (Fsp3) is 0.229. The number of amides is 1. The zero-order chi connectivity index (χ0) is 33.7. The highest BCUT2D eigenvalue weighted by Gasteiger charge is 2.31. The first-order chi connectivity index (χ1) is 23.2. The molecule has 4 aromatic heterocycles. The number of thiophene rings is 1. The first-order valence-corrected chi connectivity index (χ1v) is 16.1. The number of benzene rings is 2. The van der Waals surface area contributed by atoms with E-state index in [1.807, 2.05) is 47.3 Å². The molecule has 1 amide bonds. The van der Waals surface area contributed by atoms with Gasteiger partial charge in [0.25, 0.3) is 5.56 Å². The molecule has 1 atom stereocenters. The number of carbonyl (C=O) groups excluding carboxylic acids is 1. The van der Waals surface area contributed by atoms with Gasteiger partial charge in [0.2, 0.25) is 5.91 Å². The molecule has 244 valence electrons. The lowest BCUT2D eigenvalue weighted by molar-refractivity contribution is -0.129. The summed E-state index contributed by atoms with van der Waals surface area (Å²) in [5.74, 6) is -1.79. The van der Waals surface area contributed by atoms with E-state index in [1.165, 1.54) is 35.3 Å². The number of fused-ring (bicyclic) bond motifs is 3. The van der Waals surface area contributed by atoms with Gasteiger partial charge in [0.15, 0.2) is 0 Å². The minimum Gasteiger partial charge on any atom is -0.490 e. The molecule has 13 heteroatoms. The first kappa shape index (κ1) is 31.3. The molecule has 0 N–H and O–H groups in total. The lowest BCUT2D eigenvalue weighted by Crippen LogP contribution is -2.40. The zero-order valence-corrected chi connectivity index (χ0v) is 27.2. The summed E-state index contributed by atoms with van der Waals surface area (Å²) in [6.07, 6.45) is 2.57. The maximum atomic E-state index is 16.1. The van der Waals surface area contributed by atoms with Gasteiger partial charge in [-0.2, -0.15) is 5.10 Å². The van der Waals surface area contributed by atoms with E-state index in [0.29, 0.717) is 57.0 Å². The third-order valence-corrected chi connectivity index (χ3v) is 9.57. The van der Waals surface area contributed by atoms with E-state index >= 15 is 4.39 Å². The maximum Gasteiger partial charge on any atom is 0.269 e. The monoisotopic (exact) mass is 668 g/mol. The highest BCUT2D eigenvalue weighted by atomic mass is 32.1. The largest absolute Gasteiger partial charge is 0.490 e. The maximum absolute atomic E-state index is 16.1. The Bertz CT molecular complexity index is 2310. The van der Waals surface area contributed by atoms with Gasteiger partial charge in [-0.05, 0) is 42.6 Å². The number of aryl methyl sites for hydroxylation is 1. The van der Waals surface area contributed by atoms with E-state index in [4.69, 9.17) is 19.6 Å². The number of nitrogens with zero attached hydrogens (tertiary/aromatic N) is 6. The topological polar surface area (TPSA) is 104 Å². The van der Waals surface area contributed by atoms with Crippen molar-refractivity contribution in [1.29, 1.82) is 0 Å². The van der Waals surface area contributed by atoms with Crippen LogP contribution in [0.2, 0.25) is 0 Å². The first-order valence-electron chi connectivity index (χ1n) is 15.2. The molecule has 1 aliphatic heterocycles. The highest BCUT2D eigenvalue weighted by molar-refractivity contribution is 7.18. The van der Waals surface area contributed by atoms with Crippen molar-refractivity contribution >= 4 is 38.4 Å². The van der Waals surface area contributed by atoms with Gasteiger partial charge in [0, 0.05) is 54.0 Å². The van der Waals surface area contributed by atoms with E-state index in [-0.39, 0.29) is 42.0 Å². The molecule has 0 fully saturated rings. The predicted molar refractivity (Wildman–Crippen MR) is 180 cm³/mol. The summed E-state index contributed by atoms with van der Waals surface area (Å²) in [5, 5.41) is 7.52. The molecule has 10 nitrogen and oxygen atoms in total. The van der Waals surface area contributed by atoms with Crippen LogP contribution in [0.5, 0.6) is 5.75 Å². The summed E-state index contributed by atoms with van der Waals surface area (Å²) >= 11 is 1.38. The van der Waals surface area contributed by atoms with Crippen molar-refractivity contribution in [1.82, 2.24) is 29.2 Å². The Morgan fingerprint density at radius 2 is 1.94 bits per heavy atom. The van der Waals surface area contributed by atoms with E-state index < -0.39 is 11.6 Å². The second-order valence-corrected chi connectivity index (χ2v) is 12.3. The Hall–Kier alpha value is -5.27. The Balaban J connectivity index is 1.52. The quantitative estimate of drug-likeness (QED) is 0.142. The van der Waals surface area contributed by atoms with Crippen LogP contribution in [0.3, 0.4) is 0 Å². The molecule has 0 aliphatic carbocycles. The second-order valence-electron chi connectivity index (χ2n) is 11.4. The Morgan fingerprint density at radius 1 is 1.10 bits per heavy atom. The van der Waals surface area contributed by atoms with Crippen molar-refractivity contribution in [2.45, 2.75) is 19.5 Å². The van der Waals surface area contributed by atoms with Gasteiger partial charge in [-0.25, -0.2) is 18.7 Å². The number of pyridine rings is 1. The average Bonchev–Trinajstić information content (AvgIpc) is 3.74. The highest BCUT2D eigenvalue weighted by Crippen LogP contribution is 2.47. The SMILES string of the molecule is C=CC(=O)N1CCn2nc(-c3nc(-c4ccc5ncc(=O)n(C)c5c4)c4ccsc4c3-c3c(F)cc(F)cc3OCCOC)cc2[C@H]1C. The molecule has 48 heavy (non-hydrogen) atoms. The molecule has 2 aromatic carbocycles. The predicted octanol–water partition coefficient (Wildman–Crippen LogP) is 6.13. The number of hydrogen-bond donors (Lipinski definition) is 0. The standard InChI is InChI=1S/C35H30F2N6O4S/c1-5-29(44)42-9-10-43-26(19(42)2)17-25(40-43)34-32(31-23(37)15-21(36)16-28(31)47-12-11-46-4)35-22(8-13-48-35)33(39-34)20-6-7-24-27(14-20)41(3)30(45)18-38-24/h5-8,13-19H,1,9-12H2,2-4H3/t19-/m1/s1. The number of rotatable bonds is 8. The van der Waals surface area contributed by atoms with E-state index in [1.54, 1.807) is 11.9 Å². The normalized spacial score (nSPS) is 14.4. The minimum atomic E-state index is -0.820. The van der Waals surface area contributed by atoms with Gasteiger partial charge < -0.3 is 18.9 Å². The van der Waals surface area contributed by atoms with Crippen LogP contribution in [0.25, 0.3) is 54.9 Å². The van der Waals surface area contributed by atoms with Gasteiger partial charge in [-0.1, -0.05) is 12.6 Å². The number of methoxy groups -OCH3 is 1. The van der Waals surface area contributed by atoms with Gasteiger partial charge in [0.05, 0.1) is 53.4 Å². The van der Waals surface area contributed by atoms with Crippen molar-refractivity contribution in [3.05, 3.63) is 94.4 Å². The summed E-state index contributed by atoms with van der Waals surface area (Å²) in [7, 11) is 3.19. The Kier molecular flexibility index (Phi) is 8.09. The van der Waals surface area contributed by atoms with Crippen LogP contribution < -0.4 is 10.3 Å². The van der Waals surface area contributed by atoms with Crippen molar-refractivity contribution in [3.8, 4) is 39.5 Å². The summed E-state index contributed by atoms with van der Waals surface area (Å²) in [4.78, 5) is 36.2. The molecule has 5 heterocycles. The zero-order valence-electron chi connectivity index (χ0n) is 26.4. The lowest BCUT2D eigenvalue weighted by atomic mass is 9.96. The van der Waals surface area contributed by atoms with Gasteiger partial charge in [0.1, 0.15) is 35.4 Å². The lowest BCUT2D eigenvalue weighted by Gasteiger charge is -2.33. The van der Waals surface area contributed by atoms with E-state index in [0.717, 1.165) is 23.2 Å². The fourth-order valence-corrected chi connectivity index (χ4v) is 7.17. The van der Waals surface area contributed by atoms with Gasteiger partial charge >= 0.3 is 0 Å². The number of carbonyl (C=O) groups is 1. The van der Waals surface area contributed by atoms with Crippen LogP contribution in [0.15, 0.2) is 71.5 Å². The third kappa shape index (κ3) is 5.24. The van der Waals surface area contributed by atoms with Crippen LogP contribution in [-0.2, 0) is 23.1 Å². The van der Waals surface area contributed by atoms with Crippen molar-refractivity contribution in [2.24, 2.45) is 7.05 Å². The molecular formula is C35H30F2N6O4S. The Morgan fingerprint density at radius 3 is 2.73 bits per heavy atom. The summed E-state index contributed by atoms with van der Waals surface area (Å²) in [5.41, 5.74) is 4.29. The number of aromatic nitrogens is 5. The summed E-state index contributed by atoms with van der Waals surface area (Å²) in [6.45, 7) is 6.69. The molecule has 6 aromatic rings. The molecule has 0 saturated carbocycles. The van der Waals surface area contributed by atoms with E-state index in [2.05, 4.69) is 11.6 Å². The number of ether oxygens (including phenoxy) is 2. The summed E-state index contributed by atoms with van der Waals surface area (Å²) in [6, 6.07) is 11.0. The second kappa shape index (κ2) is 12.4. The molecule has 0 spiro atoms. The molecule has 1 aliphatic rings. The van der Waals surface area contributed by atoms with Gasteiger partial charge in [-0.3, -0.25) is 14.3 Å². The average molecular weight is 669 g/mol. The smallest absolute Gasteiger partial charge is 0.269 e. The molecule has 0 radical (unpaired) electrons. The van der Waals surface area contributed by atoms with Gasteiger partial charge in [-0.15, -0.1) is 11.3 Å². The number of hydrogen-bond acceptors (Lipinski definition) is 8. The van der Waals surface area contributed by atoms with Crippen LogP contribution in [0.1, 0.15) is 18.7 Å². The Labute approximate surface area is 277 Å². The minimum absolute atomic E-state index is 0.00178. The molecular weight excluding hydrogens is 638 g/mol. The summed E-state index contributed by atoms with van der Waals surface area (Å²) < 4.78 is 45.8. The van der Waals surface area contributed by atoms with Crippen LogP contribution in [-0.4, -0.2) is 62.0 Å². The van der Waals surface area contributed by atoms with Crippen molar-refractivity contribution < 1.29 is 23.0 Å². The van der Waals surface area contributed by atoms with Crippen LogP contribution >= 0.6 is 11.3 Å². The van der Waals surface area contributed by atoms with Crippen molar-refractivity contribution in [3.63, 3.8) is 0 Å². The molecule has 7 rings (SSSR count).